The highest BCUT2D eigenvalue weighted by Crippen LogP contribution is 2.39. The summed E-state index contributed by atoms with van der Waals surface area (Å²) in [4.78, 5) is 0. The smallest absolute Gasteiger partial charge is 0.210 e. The van der Waals surface area contributed by atoms with Gasteiger partial charge in [0, 0.05) is 44.5 Å². The molecule has 0 amide bonds. The SMILES string of the molecule is c1ccc(-c2c[n+]3ccccn3c2-c2ccc(-n3c4ccccc4c4cc(-c5ccc6c(c5)c5ccccc5n6-c5ccccc5)ccc43)cc2)cc1. The zero-order valence-electron chi connectivity index (χ0n) is 28.8. The van der Waals surface area contributed by atoms with Crippen LogP contribution in [0.5, 0.6) is 0 Å². The molecular formula is C49H33N4+. The predicted octanol–water partition coefficient (Wildman–Crippen LogP) is 11.7. The lowest BCUT2D eigenvalue weighted by molar-refractivity contribution is -0.616. The van der Waals surface area contributed by atoms with Gasteiger partial charge in [-0.3, -0.25) is 0 Å². The van der Waals surface area contributed by atoms with Crippen LogP contribution in [-0.4, -0.2) is 13.6 Å². The van der Waals surface area contributed by atoms with Gasteiger partial charge in [0.25, 0.3) is 0 Å². The van der Waals surface area contributed by atoms with Crippen molar-refractivity contribution in [2.24, 2.45) is 0 Å². The van der Waals surface area contributed by atoms with Crippen LogP contribution < -0.4 is 4.52 Å². The number of aromatic nitrogens is 4. The van der Waals surface area contributed by atoms with Crippen molar-refractivity contribution in [3.8, 4) is 44.9 Å². The second kappa shape index (κ2) is 11.7. The van der Waals surface area contributed by atoms with E-state index < -0.39 is 0 Å². The lowest BCUT2D eigenvalue weighted by atomic mass is 10.0. The lowest BCUT2D eigenvalue weighted by Gasteiger charge is -2.10. The monoisotopic (exact) mass is 677 g/mol. The van der Waals surface area contributed by atoms with Gasteiger partial charge in [-0.15, -0.1) is 4.52 Å². The highest BCUT2D eigenvalue weighted by atomic mass is 15.3. The molecule has 0 radical (unpaired) electrons. The molecule has 248 valence electrons. The minimum absolute atomic E-state index is 1.14. The van der Waals surface area contributed by atoms with Crippen LogP contribution in [0.4, 0.5) is 0 Å². The van der Waals surface area contributed by atoms with Crippen molar-refractivity contribution in [2.45, 2.75) is 0 Å². The minimum Gasteiger partial charge on any atom is -0.309 e. The van der Waals surface area contributed by atoms with Crippen molar-refractivity contribution in [1.82, 2.24) is 13.6 Å². The summed E-state index contributed by atoms with van der Waals surface area (Å²) in [5.74, 6) is 0. The summed E-state index contributed by atoms with van der Waals surface area (Å²) in [7, 11) is 0. The molecule has 4 nitrogen and oxygen atoms in total. The summed E-state index contributed by atoms with van der Waals surface area (Å²) in [5.41, 5.74) is 14.3. The second-order valence-electron chi connectivity index (χ2n) is 13.7. The maximum Gasteiger partial charge on any atom is 0.210 e. The van der Waals surface area contributed by atoms with Crippen LogP contribution in [0.2, 0.25) is 0 Å². The third-order valence-electron chi connectivity index (χ3n) is 10.7. The van der Waals surface area contributed by atoms with Gasteiger partial charge in [-0.25, -0.2) is 0 Å². The molecule has 0 spiro atoms. The van der Waals surface area contributed by atoms with E-state index in [4.69, 9.17) is 0 Å². The fourth-order valence-electron chi connectivity index (χ4n) is 8.35. The molecule has 7 aromatic carbocycles. The topological polar surface area (TPSA) is 18.4 Å². The fraction of sp³-hybridized carbons (Fsp3) is 0. The molecule has 53 heavy (non-hydrogen) atoms. The quantitative estimate of drug-likeness (QED) is 0.161. The molecule has 4 aromatic heterocycles. The number of nitrogens with zero attached hydrogens (tertiary/aromatic N) is 4. The van der Waals surface area contributed by atoms with Crippen molar-refractivity contribution in [1.29, 1.82) is 0 Å². The van der Waals surface area contributed by atoms with Gasteiger partial charge in [0.05, 0.1) is 33.8 Å². The van der Waals surface area contributed by atoms with Crippen LogP contribution in [0.1, 0.15) is 0 Å². The highest BCUT2D eigenvalue weighted by molar-refractivity contribution is 6.12. The maximum atomic E-state index is 2.40. The van der Waals surface area contributed by atoms with E-state index in [9.17, 15) is 0 Å². The molecule has 11 aromatic rings. The first-order valence-corrected chi connectivity index (χ1v) is 18.1. The van der Waals surface area contributed by atoms with E-state index in [1.807, 2.05) is 0 Å². The molecule has 0 N–H and O–H groups in total. The van der Waals surface area contributed by atoms with E-state index in [-0.39, 0.29) is 0 Å². The van der Waals surface area contributed by atoms with E-state index in [0.29, 0.717) is 0 Å². The van der Waals surface area contributed by atoms with Crippen molar-refractivity contribution < 1.29 is 4.52 Å². The van der Waals surface area contributed by atoms with Gasteiger partial charge in [-0.05, 0) is 83.4 Å². The minimum atomic E-state index is 1.14. The van der Waals surface area contributed by atoms with E-state index >= 15 is 0 Å². The van der Waals surface area contributed by atoms with Gasteiger partial charge in [0.15, 0.2) is 0 Å². The molecule has 0 saturated heterocycles. The van der Waals surface area contributed by atoms with E-state index in [1.165, 1.54) is 82.8 Å². The second-order valence-corrected chi connectivity index (χ2v) is 13.7. The molecule has 0 aliphatic heterocycles. The third kappa shape index (κ3) is 4.59. The summed E-state index contributed by atoms with van der Waals surface area (Å²) in [5, 5.41) is 5.01. The zero-order chi connectivity index (χ0) is 34.9. The Morgan fingerprint density at radius 3 is 1.49 bits per heavy atom. The maximum absolute atomic E-state index is 2.40. The van der Waals surface area contributed by atoms with E-state index in [1.54, 1.807) is 0 Å². The van der Waals surface area contributed by atoms with Crippen LogP contribution >= 0.6 is 0 Å². The first-order chi connectivity index (χ1) is 26.3. The predicted molar refractivity (Wildman–Crippen MR) is 218 cm³/mol. The fourth-order valence-corrected chi connectivity index (χ4v) is 8.35. The number of hydrogen-bond acceptors (Lipinski definition) is 0. The Bertz CT molecular complexity index is 3150. The molecule has 4 heteroatoms. The summed E-state index contributed by atoms with van der Waals surface area (Å²) in [6.45, 7) is 0. The standard InChI is InChI=1S/C49H33N4/c1-3-13-34(14-4-1)44-33-50-29-11-12-30-51(50)49(44)35-21-25-39(26-22-35)53-46-20-10-8-18-41(46)43-32-37(24-28-48(43)53)36-23-27-47-42(31-36)40-17-7-9-19-45(40)52(47)38-15-5-2-6-16-38/h1-33H/q+1. The Labute approximate surface area is 306 Å². The molecule has 0 aliphatic carbocycles. The number of para-hydroxylation sites is 3. The van der Waals surface area contributed by atoms with Crippen LogP contribution in [0.25, 0.3) is 88.5 Å². The zero-order valence-corrected chi connectivity index (χ0v) is 28.8. The summed E-state index contributed by atoms with van der Waals surface area (Å²) >= 11 is 0. The number of benzene rings is 7. The van der Waals surface area contributed by atoms with Crippen molar-refractivity contribution in [3.63, 3.8) is 0 Å². The number of rotatable bonds is 5. The van der Waals surface area contributed by atoms with Gasteiger partial charge < -0.3 is 9.13 Å². The average Bonchev–Trinajstić information content (AvgIpc) is 3.89. The largest absolute Gasteiger partial charge is 0.309 e. The number of hydrogen-bond donors (Lipinski definition) is 0. The third-order valence-corrected chi connectivity index (χ3v) is 10.7. The lowest BCUT2D eigenvalue weighted by Crippen LogP contribution is -2.26. The van der Waals surface area contributed by atoms with E-state index in [0.717, 1.165) is 5.69 Å². The van der Waals surface area contributed by atoms with E-state index in [2.05, 4.69) is 219 Å². The Kier molecular flexibility index (Phi) is 6.52. The molecule has 11 rings (SSSR count). The highest BCUT2D eigenvalue weighted by Gasteiger charge is 2.21. The van der Waals surface area contributed by atoms with Crippen molar-refractivity contribution >= 4 is 43.6 Å². The summed E-state index contributed by atoms with van der Waals surface area (Å²) < 4.78 is 9.14. The molecule has 0 unspecified atom stereocenters. The van der Waals surface area contributed by atoms with Crippen molar-refractivity contribution in [2.75, 3.05) is 0 Å². The molecule has 0 atom stereocenters. The Hall–Kier alpha value is -7.17. The molecule has 0 bridgehead atoms. The van der Waals surface area contributed by atoms with Gasteiger partial charge in [-0.2, -0.15) is 0 Å². The first kappa shape index (κ1) is 29.5. The Morgan fingerprint density at radius 2 is 0.868 bits per heavy atom. The van der Waals surface area contributed by atoms with Gasteiger partial charge in [0.2, 0.25) is 12.4 Å². The normalized spacial score (nSPS) is 11.8. The Morgan fingerprint density at radius 1 is 0.358 bits per heavy atom. The number of fused-ring (bicyclic) bond motifs is 7. The van der Waals surface area contributed by atoms with Gasteiger partial charge in [-0.1, -0.05) is 114 Å². The summed E-state index contributed by atoms with van der Waals surface area (Å²) in [6, 6.07) is 65.8. The molecule has 0 aliphatic rings. The van der Waals surface area contributed by atoms with Gasteiger partial charge >= 0.3 is 0 Å². The van der Waals surface area contributed by atoms with Crippen molar-refractivity contribution in [3.05, 3.63) is 201 Å². The van der Waals surface area contributed by atoms with Crippen LogP contribution in [-0.2, 0) is 0 Å². The van der Waals surface area contributed by atoms with Crippen LogP contribution in [0.3, 0.4) is 0 Å². The summed E-state index contributed by atoms with van der Waals surface area (Å²) in [6.07, 6.45) is 6.43. The van der Waals surface area contributed by atoms with Crippen LogP contribution in [0.15, 0.2) is 201 Å². The molecule has 0 fully saturated rings. The molecule has 4 heterocycles. The average molecular weight is 678 g/mol. The van der Waals surface area contributed by atoms with Gasteiger partial charge in [0.1, 0.15) is 5.69 Å². The van der Waals surface area contributed by atoms with Crippen LogP contribution in [0, 0.1) is 0 Å². The first-order valence-electron chi connectivity index (χ1n) is 18.1. The Balaban J connectivity index is 1.04. The molecular weight excluding hydrogens is 645 g/mol. The molecule has 0 saturated carbocycles.